The summed E-state index contributed by atoms with van der Waals surface area (Å²) in [6, 6.07) is 4.79. The van der Waals surface area contributed by atoms with Crippen LogP contribution in [0.25, 0.3) is 27.7 Å². The van der Waals surface area contributed by atoms with Gasteiger partial charge in [-0.25, -0.2) is 8.78 Å². The molecular formula is C30H32F3N5. The lowest BCUT2D eigenvalue weighted by atomic mass is 9.92. The third-order valence-electron chi connectivity index (χ3n) is 6.81. The summed E-state index contributed by atoms with van der Waals surface area (Å²) in [4.78, 5) is 3.20. The van der Waals surface area contributed by atoms with E-state index in [4.69, 9.17) is 0 Å². The van der Waals surface area contributed by atoms with Gasteiger partial charge in [0.05, 0.1) is 23.9 Å². The first-order valence-corrected chi connectivity index (χ1v) is 12.3. The van der Waals surface area contributed by atoms with Crippen molar-refractivity contribution in [1.82, 2.24) is 19.7 Å². The zero-order valence-corrected chi connectivity index (χ0v) is 22.5. The van der Waals surface area contributed by atoms with E-state index in [1.165, 1.54) is 12.1 Å². The van der Waals surface area contributed by atoms with Gasteiger partial charge >= 0.3 is 0 Å². The Bertz CT molecular complexity index is 1590. The summed E-state index contributed by atoms with van der Waals surface area (Å²) in [6.07, 6.45) is 9.79. The molecule has 1 aliphatic rings. The highest BCUT2D eigenvalue weighted by molar-refractivity contribution is 5.98. The monoisotopic (exact) mass is 519 g/mol. The maximum atomic E-state index is 16.7. The van der Waals surface area contributed by atoms with Gasteiger partial charge in [-0.3, -0.25) is 8.96 Å². The zero-order chi connectivity index (χ0) is 27.8. The van der Waals surface area contributed by atoms with Crippen LogP contribution in [0, 0.1) is 25.5 Å². The van der Waals surface area contributed by atoms with Crippen molar-refractivity contribution in [3.8, 4) is 16.8 Å². The van der Waals surface area contributed by atoms with Gasteiger partial charge in [0.15, 0.2) is 11.6 Å². The highest BCUT2D eigenvalue weighted by Crippen LogP contribution is 2.44. The van der Waals surface area contributed by atoms with Gasteiger partial charge in [-0.1, -0.05) is 30.9 Å². The topological polar surface area (TPSA) is 58.5 Å². The molecule has 0 saturated heterocycles. The van der Waals surface area contributed by atoms with Gasteiger partial charge in [-0.2, -0.15) is 0 Å². The molecule has 0 spiro atoms. The Morgan fingerprint density at radius 2 is 1.84 bits per heavy atom. The first-order valence-electron chi connectivity index (χ1n) is 12.3. The summed E-state index contributed by atoms with van der Waals surface area (Å²) in [5, 5.41) is 13.1. The molecule has 0 fully saturated rings. The summed E-state index contributed by atoms with van der Waals surface area (Å²) >= 11 is 0. The number of anilines is 1. The maximum absolute atomic E-state index is 16.7. The fourth-order valence-electron chi connectivity index (χ4n) is 5.03. The average molecular weight is 520 g/mol. The third-order valence-corrected chi connectivity index (χ3v) is 6.81. The number of aryl methyl sites for hydroxylation is 2. The van der Waals surface area contributed by atoms with Gasteiger partial charge < -0.3 is 10.3 Å². The van der Waals surface area contributed by atoms with Crippen molar-refractivity contribution in [2.75, 3.05) is 12.5 Å². The van der Waals surface area contributed by atoms with E-state index in [1.807, 2.05) is 69.7 Å². The Hall–Kier alpha value is -4.07. The zero-order valence-electron chi connectivity index (χ0n) is 22.5. The molecule has 198 valence electrons. The van der Waals surface area contributed by atoms with E-state index in [9.17, 15) is 8.78 Å². The Balaban J connectivity index is 0.00000164. The van der Waals surface area contributed by atoms with Crippen molar-refractivity contribution in [2.24, 2.45) is 0 Å². The Morgan fingerprint density at radius 3 is 2.53 bits per heavy atom. The van der Waals surface area contributed by atoms with E-state index in [0.717, 1.165) is 16.5 Å². The van der Waals surface area contributed by atoms with Crippen molar-refractivity contribution in [3.63, 3.8) is 0 Å². The summed E-state index contributed by atoms with van der Waals surface area (Å²) in [6.45, 7) is 13.4. The van der Waals surface area contributed by atoms with Gasteiger partial charge in [-0.05, 0) is 69.5 Å². The number of hydrogen-bond acceptors (Lipinski definition) is 3. The van der Waals surface area contributed by atoms with Crippen LogP contribution in [0.5, 0.6) is 0 Å². The van der Waals surface area contributed by atoms with E-state index in [2.05, 4.69) is 27.1 Å². The average Bonchev–Trinajstić information content (AvgIpc) is 3.47. The minimum atomic E-state index is -0.575. The molecule has 0 aliphatic carbocycles. The van der Waals surface area contributed by atoms with Crippen LogP contribution in [0.2, 0.25) is 0 Å². The van der Waals surface area contributed by atoms with Gasteiger partial charge in [0.25, 0.3) is 0 Å². The molecule has 5 nitrogen and oxygen atoms in total. The molecule has 0 bridgehead atoms. The van der Waals surface area contributed by atoms with E-state index in [1.54, 1.807) is 6.08 Å². The molecule has 2 aromatic carbocycles. The van der Waals surface area contributed by atoms with Crippen molar-refractivity contribution < 1.29 is 13.2 Å². The lowest BCUT2D eigenvalue weighted by Crippen LogP contribution is -2.36. The third kappa shape index (κ3) is 4.44. The van der Waals surface area contributed by atoms with Gasteiger partial charge in [0, 0.05) is 29.1 Å². The summed E-state index contributed by atoms with van der Waals surface area (Å²) in [5.41, 5.74) is 4.56. The van der Waals surface area contributed by atoms with Crippen LogP contribution < -0.4 is 5.32 Å². The second-order valence-corrected chi connectivity index (χ2v) is 9.79. The minimum absolute atomic E-state index is 0.341. The van der Waals surface area contributed by atoms with E-state index in [-0.39, 0.29) is 0 Å². The van der Waals surface area contributed by atoms with E-state index < -0.39 is 17.2 Å². The van der Waals surface area contributed by atoms with Crippen molar-refractivity contribution >= 4 is 16.6 Å². The molecule has 4 aromatic rings. The molecule has 0 amide bonds. The number of nitrogens with zero attached hydrogens (tertiary/aromatic N) is 3. The molecule has 38 heavy (non-hydrogen) atoms. The maximum Gasteiger partial charge on any atom is 0.162 e. The fourth-order valence-corrected chi connectivity index (χ4v) is 5.03. The predicted octanol–water partition coefficient (Wildman–Crippen LogP) is 7.79. The number of fused-ring (bicyclic) bond motifs is 4. The van der Waals surface area contributed by atoms with Gasteiger partial charge in [0.1, 0.15) is 17.3 Å². The molecule has 3 heterocycles. The SMILES string of the molecule is C=C/C=C\C(=C/C)Cc1nnc2n1-c1c(cc(C)c(-c3cc(F)cc4c(C)c[nH]c34)c1F)NC2(C)C.CF. The molecular weight excluding hydrogens is 487 g/mol. The summed E-state index contributed by atoms with van der Waals surface area (Å²) in [5.74, 6) is 0.380. The second-order valence-electron chi connectivity index (χ2n) is 9.79. The van der Waals surface area contributed by atoms with Crippen LogP contribution in [-0.2, 0) is 12.0 Å². The Kier molecular flexibility index (Phi) is 7.35. The molecule has 5 rings (SSSR count). The molecule has 0 radical (unpaired) electrons. The minimum Gasteiger partial charge on any atom is -0.371 e. The largest absolute Gasteiger partial charge is 0.371 e. The van der Waals surface area contributed by atoms with Crippen LogP contribution in [0.4, 0.5) is 18.9 Å². The number of H-pyrrole nitrogens is 1. The number of alkyl halides is 1. The first kappa shape index (κ1) is 27.0. The number of allylic oxidation sites excluding steroid dienone is 5. The van der Waals surface area contributed by atoms with Gasteiger partial charge in [0.2, 0.25) is 0 Å². The van der Waals surface area contributed by atoms with Crippen molar-refractivity contribution in [3.05, 3.63) is 95.3 Å². The number of aromatic nitrogens is 4. The van der Waals surface area contributed by atoms with Crippen LogP contribution in [0.15, 0.2) is 60.9 Å². The van der Waals surface area contributed by atoms with Crippen LogP contribution in [-0.4, -0.2) is 26.9 Å². The number of rotatable bonds is 5. The van der Waals surface area contributed by atoms with Crippen molar-refractivity contribution in [1.29, 1.82) is 0 Å². The first-order chi connectivity index (χ1) is 18.2. The predicted molar refractivity (Wildman–Crippen MR) is 149 cm³/mol. The van der Waals surface area contributed by atoms with Crippen molar-refractivity contribution in [2.45, 2.75) is 46.6 Å². The molecule has 0 saturated carbocycles. The normalized spacial score (nSPS) is 14.1. The lowest BCUT2D eigenvalue weighted by Gasteiger charge is -2.35. The molecule has 0 unspecified atom stereocenters. The molecule has 8 heteroatoms. The number of hydrogen-bond donors (Lipinski definition) is 2. The van der Waals surface area contributed by atoms with Gasteiger partial charge in [-0.15, -0.1) is 10.2 Å². The molecule has 0 atom stereocenters. The smallest absolute Gasteiger partial charge is 0.162 e. The Morgan fingerprint density at radius 1 is 1.11 bits per heavy atom. The number of aromatic amines is 1. The number of nitrogens with one attached hydrogen (secondary N) is 2. The van der Waals surface area contributed by atoms with Crippen LogP contribution in [0.1, 0.15) is 43.5 Å². The standard InChI is InChI=1S/C29H29F2N5.CH3F/c1-7-9-10-18(8-2)12-23-34-35-28-29(5,6)33-22-11-16(3)24(25(31)27(22)36(23)28)21-14-19(30)13-20-17(4)15-32-26(20)21;1-2/h7-11,13-15,32-33H,1,12H2,2-6H3;1H3/b10-9-,18-8+;. The van der Waals surface area contributed by atoms with Crippen LogP contribution >= 0.6 is 0 Å². The number of halogens is 3. The molecule has 2 aromatic heterocycles. The second kappa shape index (κ2) is 10.4. The Labute approximate surface area is 220 Å². The van der Waals surface area contributed by atoms with E-state index in [0.29, 0.717) is 58.8 Å². The summed E-state index contributed by atoms with van der Waals surface area (Å²) < 4.78 is 42.7. The van der Waals surface area contributed by atoms with Crippen LogP contribution in [0.3, 0.4) is 0 Å². The highest BCUT2D eigenvalue weighted by atomic mass is 19.1. The molecule has 1 aliphatic heterocycles. The quantitative estimate of drug-likeness (QED) is 0.265. The molecule has 2 N–H and O–H groups in total. The summed E-state index contributed by atoms with van der Waals surface area (Å²) in [7, 11) is 0.500. The van der Waals surface area contributed by atoms with E-state index >= 15 is 4.39 Å². The lowest BCUT2D eigenvalue weighted by molar-refractivity contribution is 0.521. The highest BCUT2D eigenvalue weighted by Gasteiger charge is 2.37. The fraction of sp³-hybridized carbons (Fsp3) is 0.267. The number of benzene rings is 2.